The van der Waals surface area contributed by atoms with Crippen molar-refractivity contribution in [2.75, 3.05) is 5.32 Å². The Kier molecular flexibility index (Phi) is 2.80. The van der Waals surface area contributed by atoms with E-state index in [1.807, 2.05) is 19.9 Å². The van der Waals surface area contributed by atoms with Gasteiger partial charge in [-0.15, -0.1) is 0 Å². The van der Waals surface area contributed by atoms with Gasteiger partial charge in [-0.1, -0.05) is 5.16 Å². The van der Waals surface area contributed by atoms with Crippen LogP contribution in [-0.2, 0) is 6.54 Å². The first-order valence-electron chi connectivity index (χ1n) is 4.99. The van der Waals surface area contributed by atoms with E-state index in [2.05, 4.69) is 25.4 Å². The van der Waals surface area contributed by atoms with Gasteiger partial charge in [0.15, 0.2) is 5.82 Å². The average Bonchev–Trinajstić information content (AvgIpc) is 2.60. The third kappa shape index (κ3) is 2.53. The van der Waals surface area contributed by atoms with Gasteiger partial charge < -0.3 is 9.84 Å². The lowest BCUT2D eigenvalue weighted by atomic mass is 10.4. The van der Waals surface area contributed by atoms with E-state index in [9.17, 15) is 0 Å². The predicted octanol–water partition coefficient (Wildman–Crippen LogP) is 1.40. The summed E-state index contributed by atoms with van der Waals surface area (Å²) in [6.45, 7) is 6.07. The summed E-state index contributed by atoms with van der Waals surface area (Å²) in [4.78, 5) is 12.6. The summed E-state index contributed by atoms with van der Waals surface area (Å²) in [7, 11) is 0. The van der Waals surface area contributed by atoms with Crippen molar-refractivity contribution in [1.82, 2.24) is 20.1 Å². The van der Waals surface area contributed by atoms with Crippen molar-refractivity contribution in [3.8, 4) is 0 Å². The Morgan fingerprint density at radius 2 is 1.81 bits per heavy atom. The highest BCUT2D eigenvalue weighted by atomic mass is 16.5. The van der Waals surface area contributed by atoms with Crippen LogP contribution in [0.4, 0.5) is 5.95 Å². The molecule has 16 heavy (non-hydrogen) atoms. The molecule has 2 aromatic heterocycles. The molecule has 0 saturated carbocycles. The number of anilines is 1. The molecule has 0 radical (unpaired) electrons. The van der Waals surface area contributed by atoms with Gasteiger partial charge in [0.05, 0.1) is 6.54 Å². The molecule has 6 heteroatoms. The standard InChI is InChI=1S/C10H13N5O/c1-6-4-7(2)13-10(12-6)11-5-9-14-8(3)15-16-9/h4H,5H2,1-3H3,(H,11,12,13). The van der Waals surface area contributed by atoms with Gasteiger partial charge in [-0.05, 0) is 26.8 Å². The zero-order valence-corrected chi connectivity index (χ0v) is 9.48. The van der Waals surface area contributed by atoms with E-state index in [-0.39, 0.29) is 0 Å². The van der Waals surface area contributed by atoms with E-state index in [0.29, 0.717) is 24.2 Å². The van der Waals surface area contributed by atoms with Crippen LogP contribution in [0.25, 0.3) is 0 Å². The monoisotopic (exact) mass is 219 g/mol. The van der Waals surface area contributed by atoms with E-state index >= 15 is 0 Å². The molecule has 2 heterocycles. The molecule has 0 fully saturated rings. The molecule has 0 spiro atoms. The van der Waals surface area contributed by atoms with Gasteiger partial charge in [0, 0.05) is 11.4 Å². The van der Waals surface area contributed by atoms with Crippen molar-refractivity contribution in [2.24, 2.45) is 0 Å². The summed E-state index contributed by atoms with van der Waals surface area (Å²) in [5.74, 6) is 1.73. The van der Waals surface area contributed by atoms with Gasteiger partial charge in [0.25, 0.3) is 0 Å². The van der Waals surface area contributed by atoms with E-state index in [1.165, 1.54) is 0 Å². The van der Waals surface area contributed by atoms with E-state index in [0.717, 1.165) is 11.4 Å². The van der Waals surface area contributed by atoms with Crippen LogP contribution in [0.2, 0.25) is 0 Å². The zero-order valence-electron chi connectivity index (χ0n) is 9.48. The number of aryl methyl sites for hydroxylation is 3. The average molecular weight is 219 g/mol. The number of rotatable bonds is 3. The Bertz CT molecular complexity index is 473. The Balaban J connectivity index is 2.04. The molecule has 6 nitrogen and oxygen atoms in total. The first kappa shape index (κ1) is 10.5. The quantitative estimate of drug-likeness (QED) is 0.840. The van der Waals surface area contributed by atoms with Crippen molar-refractivity contribution >= 4 is 5.95 Å². The highest BCUT2D eigenvalue weighted by Gasteiger charge is 2.04. The summed E-state index contributed by atoms with van der Waals surface area (Å²) in [5, 5.41) is 6.73. The van der Waals surface area contributed by atoms with Gasteiger partial charge in [-0.25, -0.2) is 9.97 Å². The predicted molar refractivity (Wildman–Crippen MR) is 57.9 cm³/mol. The summed E-state index contributed by atoms with van der Waals surface area (Å²) >= 11 is 0. The Morgan fingerprint density at radius 3 is 2.38 bits per heavy atom. The number of nitrogens with one attached hydrogen (secondary N) is 1. The van der Waals surface area contributed by atoms with Gasteiger partial charge in [0.1, 0.15) is 0 Å². The molecule has 0 aromatic carbocycles. The number of hydrogen-bond acceptors (Lipinski definition) is 6. The highest BCUT2D eigenvalue weighted by Crippen LogP contribution is 2.05. The maximum Gasteiger partial charge on any atom is 0.246 e. The van der Waals surface area contributed by atoms with E-state index in [4.69, 9.17) is 4.52 Å². The third-order valence-electron chi connectivity index (χ3n) is 1.95. The second-order valence-corrected chi connectivity index (χ2v) is 3.56. The Labute approximate surface area is 93.1 Å². The van der Waals surface area contributed by atoms with Gasteiger partial charge in [-0.3, -0.25) is 0 Å². The SMILES string of the molecule is Cc1cc(C)nc(NCc2nc(C)no2)n1. The van der Waals surface area contributed by atoms with Crippen molar-refractivity contribution in [2.45, 2.75) is 27.3 Å². The maximum atomic E-state index is 4.97. The van der Waals surface area contributed by atoms with Crippen molar-refractivity contribution in [3.05, 3.63) is 29.2 Å². The topological polar surface area (TPSA) is 76.7 Å². The molecular weight excluding hydrogens is 206 g/mol. The second-order valence-electron chi connectivity index (χ2n) is 3.56. The first-order valence-corrected chi connectivity index (χ1v) is 4.99. The largest absolute Gasteiger partial charge is 0.345 e. The molecule has 0 aliphatic heterocycles. The van der Waals surface area contributed by atoms with Crippen LogP contribution in [0.3, 0.4) is 0 Å². The lowest BCUT2D eigenvalue weighted by Gasteiger charge is -2.03. The van der Waals surface area contributed by atoms with Gasteiger partial charge >= 0.3 is 0 Å². The summed E-state index contributed by atoms with van der Waals surface area (Å²) in [6, 6.07) is 1.92. The van der Waals surface area contributed by atoms with Crippen molar-refractivity contribution in [1.29, 1.82) is 0 Å². The second kappa shape index (κ2) is 4.26. The zero-order chi connectivity index (χ0) is 11.5. The molecule has 2 rings (SSSR count). The van der Waals surface area contributed by atoms with Crippen LogP contribution in [0, 0.1) is 20.8 Å². The molecule has 0 aliphatic rings. The third-order valence-corrected chi connectivity index (χ3v) is 1.95. The molecule has 0 atom stereocenters. The van der Waals surface area contributed by atoms with Crippen LogP contribution in [0.15, 0.2) is 10.6 Å². The molecule has 84 valence electrons. The smallest absolute Gasteiger partial charge is 0.246 e. The van der Waals surface area contributed by atoms with Crippen LogP contribution in [0.1, 0.15) is 23.1 Å². The minimum Gasteiger partial charge on any atom is -0.345 e. The van der Waals surface area contributed by atoms with E-state index in [1.54, 1.807) is 6.92 Å². The van der Waals surface area contributed by atoms with Crippen molar-refractivity contribution in [3.63, 3.8) is 0 Å². The van der Waals surface area contributed by atoms with Gasteiger partial charge in [0.2, 0.25) is 11.8 Å². The summed E-state index contributed by atoms with van der Waals surface area (Å²) < 4.78 is 4.97. The number of nitrogens with zero attached hydrogens (tertiary/aromatic N) is 4. The fourth-order valence-corrected chi connectivity index (χ4v) is 1.37. The Hall–Kier alpha value is -1.98. The molecule has 0 saturated heterocycles. The lowest BCUT2D eigenvalue weighted by Crippen LogP contribution is -2.05. The molecule has 0 unspecified atom stereocenters. The molecular formula is C10H13N5O. The molecule has 2 aromatic rings. The maximum absolute atomic E-state index is 4.97. The summed E-state index contributed by atoms with van der Waals surface area (Å²) in [6.07, 6.45) is 0. The normalized spacial score (nSPS) is 10.4. The van der Waals surface area contributed by atoms with Crippen LogP contribution < -0.4 is 5.32 Å². The lowest BCUT2D eigenvalue weighted by molar-refractivity contribution is 0.379. The van der Waals surface area contributed by atoms with Gasteiger partial charge in [-0.2, -0.15) is 4.98 Å². The molecule has 0 aliphatic carbocycles. The highest BCUT2D eigenvalue weighted by molar-refractivity contribution is 5.27. The number of hydrogen-bond donors (Lipinski definition) is 1. The first-order chi connectivity index (χ1) is 7.63. The van der Waals surface area contributed by atoms with Crippen molar-refractivity contribution < 1.29 is 4.52 Å². The molecule has 0 bridgehead atoms. The minimum atomic E-state index is 0.434. The van der Waals surface area contributed by atoms with Crippen LogP contribution >= 0.6 is 0 Å². The van der Waals surface area contributed by atoms with E-state index < -0.39 is 0 Å². The Morgan fingerprint density at radius 1 is 1.12 bits per heavy atom. The fraction of sp³-hybridized carbons (Fsp3) is 0.400. The summed E-state index contributed by atoms with van der Waals surface area (Å²) in [5.41, 5.74) is 1.86. The van der Waals surface area contributed by atoms with Crippen LogP contribution in [0.5, 0.6) is 0 Å². The number of aromatic nitrogens is 4. The fourth-order valence-electron chi connectivity index (χ4n) is 1.37. The molecule has 1 N–H and O–H groups in total. The minimum absolute atomic E-state index is 0.434. The van der Waals surface area contributed by atoms with Crippen LogP contribution in [-0.4, -0.2) is 20.1 Å². The molecule has 0 amide bonds.